The second-order valence-electron chi connectivity index (χ2n) is 6.35. The molecule has 3 aromatic carbocycles. The molecule has 3 rings (SSSR count). The summed E-state index contributed by atoms with van der Waals surface area (Å²) in [7, 11) is 0. The zero-order valence-corrected chi connectivity index (χ0v) is 19.1. The van der Waals surface area contributed by atoms with Crippen molar-refractivity contribution in [3.8, 4) is 0 Å². The SMILES string of the molecule is CC(Sc1cccc(NC(=S)Nc2ccccc2)c1)C(=O)Nc1ccc(Cl)cc1Cl. The van der Waals surface area contributed by atoms with Crippen LogP contribution in [0.3, 0.4) is 0 Å². The molecular weight excluding hydrogens is 457 g/mol. The number of hydrogen-bond acceptors (Lipinski definition) is 3. The predicted molar refractivity (Wildman–Crippen MR) is 133 cm³/mol. The normalized spacial score (nSPS) is 11.4. The molecule has 0 aliphatic heterocycles. The number of rotatable bonds is 6. The fourth-order valence-corrected chi connectivity index (χ4v) is 4.16. The van der Waals surface area contributed by atoms with E-state index in [0.29, 0.717) is 20.8 Å². The molecule has 0 saturated carbocycles. The molecule has 154 valence electrons. The lowest BCUT2D eigenvalue weighted by Gasteiger charge is -2.14. The summed E-state index contributed by atoms with van der Waals surface area (Å²) in [5, 5.41) is 10.2. The molecule has 1 amide bonds. The van der Waals surface area contributed by atoms with Crippen molar-refractivity contribution < 1.29 is 4.79 Å². The molecule has 0 bridgehead atoms. The third kappa shape index (κ3) is 6.64. The van der Waals surface area contributed by atoms with Crippen LogP contribution in [-0.2, 0) is 4.79 Å². The molecule has 0 heterocycles. The second-order valence-corrected chi connectivity index (χ2v) is 9.01. The minimum atomic E-state index is -0.332. The summed E-state index contributed by atoms with van der Waals surface area (Å²) in [4.78, 5) is 13.5. The highest BCUT2D eigenvalue weighted by Crippen LogP contribution is 2.29. The number of halogens is 2. The Bertz CT molecular complexity index is 1050. The van der Waals surface area contributed by atoms with Gasteiger partial charge >= 0.3 is 0 Å². The molecule has 3 N–H and O–H groups in total. The summed E-state index contributed by atoms with van der Waals surface area (Å²) in [6.45, 7) is 1.84. The summed E-state index contributed by atoms with van der Waals surface area (Å²) in [6, 6.07) is 22.4. The number of benzene rings is 3. The highest BCUT2D eigenvalue weighted by atomic mass is 35.5. The Labute approximate surface area is 195 Å². The Hall–Kier alpha value is -2.25. The first-order valence-electron chi connectivity index (χ1n) is 9.06. The number of nitrogens with one attached hydrogen (secondary N) is 3. The maximum absolute atomic E-state index is 12.5. The molecule has 1 atom stereocenters. The van der Waals surface area contributed by atoms with Gasteiger partial charge in [0.2, 0.25) is 5.91 Å². The summed E-state index contributed by atoms with van der Waals surface area (Å²) >= 11 is 18.8. The van der Waals surface area contributed by atoms with E-state index in [1.54, 1.807) is 18.2 Å². The number of thioether (sulfide) groups is 1. The van der Waals surface area contributed by atoms with E-state index in [1.165, 1.54) is 11.8 Å². The molecule has 1 unspecified atom stereocenters. The number of anilines is 3. The van der Waals surface area contributed by atoms with Crippen LogP contribution in [0.5, 0.6) is 0 Å². The van der Waals surface area contributed by atoms with Crippen LogP contribution in [0, 0.1) is 0 Å². The lowest BCUT2D eigenvalue weighted by Crippen LogP contribution is -2.22. The van der Waals surface area contributed by atoms with Gasteiger partial charge in [-0.15, -0.1) is 11.8 Å². The van der Waals surface area contributed by atoms with E-state index < -0.39 is 0 Å². The highest BCUT2D eigenvalue weighted by molar-refractivity contribution is 8.00. The van der Waals surface area contributed by atoms with Crippen LogP contribution in [0.15, 0.2) is 77.7 Å². The predicted octanol–water partition coefficient (Wildman–Crippen LogP) is 6.92. The molecule has 0 fully saturated rings. The largest absolute Gasteiger partial charge is 0.332 e. The van der Waals surface area contributed by atoms with Crippen molar-refractivity contribution in [1.82, 2.24) is 0 Å². The van der Waals surface area contributed by atoms with Crippen LogP contribution in [0.2, 0.25) is 10.0 Å². The molecule has 0 aliphatic carbocycles. The van der Waals surface area contributed by atoms with Crippen molar-refractivity contribution in [2.45, 2.75) is 17.1 Å². The van der Waals surface area contributed by atoms with E-state index in [1.807, 2.05) is 61.5 Å². The zero-order valence-electron chi connectivity index (χ0n) is 16.0. The number of carbonyl (C=O) groups excluding carboxylic acids is 1. The van der Waals surface area contributed by atoms with Gasteiger partial charge in [0.15, 0.2) is 5.11 Å². The second kappa shape index (κ2) is 10.7. The van der Waals surface area contributed by atoms with Gasteiger partial charge in [0.25, 0.3) is 0 Å². The first-order valence-corrected chi connectivity index (χ1v) is 11.1. The fraction of sp³-hybridized carbons (Fsp3) is 0.0909. The van der Waals surface area contributed by atoms with Gasteiger partial charge in [-0.1, -0.05) is 47.5 Å². The summed E-state index contributed by atoms with van der Waals surface area (Å²) in [6.07, 6.45) is 0. The van der Waals surface area contributed by atoms with Crippen LogP contribution in [0.4, 0.5) is 17.1 Å². The molecule has 3 aromatic rings. The van der Waals surface area contributed by atoms with Crippen LogP contribution in [0.1, 0.15) is 6.92 Å². The van der Waals surface area contributed by atoms with Crippen molar-refractivity contribution in [1.29, 1.82) is 0 Å². The topological polar surface area (TPSA) is 53.2 Å². The molecule has 4 nitrogen and oxygen atoms in total. The lowest BCUT2D eigenvalue weighted by molar-refractivity contribution is -0.115. The minimum absolute atomic E-state index is 0.149. The first-order chi connectivity index (χ1) is 14.4. The third-order valence-electron chi connectivity index (χ3n) is 3.99. The van der Waals surface area contributed by atoms with E-state index in [2.05, 4.69) is 16.0 Å². The smallest absolute Gasteiger partial charge is 0.237 e. The Balaban J connectivity index is 1.58. The molecule has 0 aliphatic rings. The Morgan fingerprint density at radius 1 is 0.900 bits per heavy atom. The molecule has 8 heteroatoms. The number of thiocarbonyl (C=S) groups is 1. The minimum Gasteiger partial charge on any atom is -0.332 e. The maximum atomic E-state index is 12.5. The third-order valence-corrected chi connectivity index (χ3v) is 5.84. The molecule has 0 radical (unpaired) electrons. The van der Waals surface area contributed by atoms with Gasteiger partial charge in [-0.2, -0.15) is 0 Å². The van der Waals surface area contributed by atoms with Crippen LogP contribution < -0.4 is 16.0 Å². The van der Waals surface area contributed by atoms with Crippen molar-refractivity contribution in [3.05, 3.63) is 82.8 Å². The Morgan fingerprint density at radius 3 is 2.33 bits per heavy atom. The maximum Gasteiger partial charge on any atom is 0.237 e. The van der Waals surface area contributed by atoms with Crippen LogP contribution in [-0.4, -0.2) is 16.3 Å². The van der Waals surface area contributed by atoms with Gasteiger partial charge in [0.1, 0.15) is 0 Å². The standard InChI is InChI=1S/C22H19Cl2N3OS2/c1-14(21(28)27-20-11-10-15(23)12-19(20)24)30-18-9-5-8-17(13-18)26-22(29)25-16-6-3-2-4-7-16/h2-14H,1H3,(H,27,28)(H2,25,26,29). The number of para-hydroxylation sites is 1. The van der Waals surface area contributed by atoms with E-state index >= 15 is 0 Å². The number of hydrogen-bond donors (Lipinski definition) is 3. The quantitative estimate of drug-likeness (QED) is 0.266. The molecular formula is C22H19Cl2N3OS2. The van der Waals surface area contributed by atoms with Gasteiger partial charge in [-0.05, 0) is 67.7 Å². The van der Waals surface area contributed by atoms with Crippen molar-refractivity contribution in [2.75, 3.05) is 16.0 Å². The van der Waals surface area contributed by atoms with Gasteiger partial charge < -0.3 is 16.0 Å². The lowest BCUT2D eigenvalue weighted by atomic mass is 10.3. The van der Waals surface area contributed by atoms with Crippen LogP contribution in [0.25, 0.3) is 0 Å². The number of amides is 1. The summed E-state index contributed by atoms with van der Waals surface area (Å²) in [5.74, 6) is -0.149. The fourth-order valence-electron chi connectivity index (χ4n) is 2.54. The van der Waals surface area contributed by atoms with E-state index in [-0.39, 0.29) is 11.2 Å². The summed E-state index contributed by atoms with van der Waals surface area (Å²) < 4.78 is 0. The average molecular weight is 476 g/mol. The van der Waals surface area contributed by atoms with Crippen molar-refractivity contribution in [2.24, 2.45) is 0 Å². The van der Waals surface area contributed by atoms with Crippen molar-refractivity contribution in [3.63, 3.8) is 0 Å². The van der Waals surface area contributed by atoms with Crippen molar-refractivity contribution >= 4 is 75.3 Å². The van der Waals surface area contributed by atoms with Gasteiger partial charge in [-0.25, -0.2) is 0 Å². The first kappa shape index (κ1) is 22.4. The monoisotopic (exact) mass is 475 g/mol. The number of carbonyl (C=O) groups is 1. The summed E-state index contributed by atoms with van der Waals surface area (Å²) in [5.41, 5.74) is 2.28. The Kier molecular flexibility index (Phi) is 7.99. The molecule has 0 aromatic heterocycles. The Morgan fingerprint density at radius 2 is 1.60 bits per heavy atom. The van der Waals surface area contributed by atoms with E-state index in [4.69, 9.17) is 35.4 Å². The van der Waals surface area contributed by atoms with E-state index in [0.717, 1.165) is 16.3 Å². The molecule has 30 heavy (non-hydrogen) atoms. The van der Waals surface area contributed by atoms with Gasteiger partial charge in [0, 0.05) is 21.3 Å². The molecule has 0 spiro atoms. The highest BCUT2D eigenvalue weighted by Gasteiger charge is 2.16. The van der Waals surface area contributed by atoms with Crippen LogP contribution >= 0.6 is 47.2 Å². The average Bonchev–Trinajstić information content (AvgIpc) is 2.71. The zero-order chi connectivity index (χ0) is 21.5. The van der Waals surface area contributed by atoms with E-state index in [9.17, 15) is 4.79 Å². The molecule has 0 saturated heterocycles. The van der Waals surface area contributed by atoms with Gasteiger partial charge in [0.05, 0.1) is 16.0 Å². The van der Waals surface area contributed by atoms with Gasteiger partial charge in [-0.3, -0.25) is 4.79 Å².